The van der Waals surface area contributed by atoms with Crippen molar-refractivity contribution in [1.29, 1.82) is 0 Å². The molecule has 1 saturated heterocycles. The Labute approximate surface area is 174 Å². The van der Waals surface area contributed by atoms with Crippen LogP contribution in [0.4, 0.5) is 0 Å². The predicted octanol–water partition coefficient (Wildman–Crippen LogP) is 5.58. The highest BCUT2D eigenvalue weighted by atomic mass is 35.5. The molecule has 2 fully saturated rings. The smallest absolute Gasteiger partial charge is 0.0383 e. The zero-order valence-electron chi connectivity index (χ0n) is 15.6. The third-order valence-electron chi connectivity index (χ3n) is 6.26. The summed E-state index contributed by atoms with van der Waals surface area (Å²) in [5, 5.41) is 9.16. The molecule has 0 radical (unpaired) electrons. The summed E-state index contributed by atoms with van der Waals surface area (Å²) in [4.78, 5) is 2.75. The summed E-state index contributed by atoms with van der Waals surface area (Å²) < 4.78 is 0. The van der Waals surface area contributed by atoms with Crippen LogP contribution in [0, 0.1) is 5.92 Å². The van der Waals surface area contributed by atoms with Gasteiger partial charge in [-0.05, 0) is 51.9 Å². The molecule has 5 rings (SSSR count). The molecule has 1 heterocycles. The number of halogens is 2. The summed E-state index contributed by atoms with van der Waals surface area (Å²) >= 11 is 0. The van der Waals surface area contributed by atoms with E-state index in [4.69, 9.17) is 0 Å². The van der Waals surface area contributed by atoms with Crippen molar-refractivity contribution in [1.82, 2.24) is 10.2 Å². The first-order chi connectivity index (χ1) is 12.4. The van der Waals surface area contributed by atoms with Crippen molar-refractivity contribution in [2.75, 3.05) is 26.2 Å². The van der Waals surface area contributed by atoms with E-state index in [9.17, 15) is 0 Å². The van der Waals surface area contributed by atoms with Crippen molar-refractivity contribution in [3.8, 4) is 0 Å². The van der Waals surface area contributed by atoms with Gasteiger partial charge in [-0.3, -0.25) is 4.90 Å². The fourth-order valence-corrected chi connectivity index (χ4v) is 4.79. The van der Waals surface area contributed by atoms with E-state index in [1.807, 2.05) is 0 Å². The minimum Gasteiger partial charge on any atom is -0.314 e. The van der Waals surface area contributed by atoms with Crippen molar-refractivity contribution >= 4 is 46.4 Å². The molecule has 3 aromatic rings. The normalized spacial score (nSPS) is 19.1. The summed E-state index contributed by atoms with van der Waals surface area (Å²) in [7, 11) is 0. The van der Waals surface area contributed by atoms with Crippen molar-refractivity contribution in [2.45, 2.75) is 25.3 Å². The molecule has 1 aliphatic heterocycles. The lowest BCUT2D eigenvalue weighted by atomic mass is 9.75. The van der Waals surface area contributed by atoms with Gasteiger partial charge in [-0.2, -0.15) is 0 Å². The Bertz CT molecular complexity index is 901. The summed E-state index contributed by atoms with van der Waals surface area (Å²) in [6.45, 7) is 4.58. The average Bonchev–Trinajstić information content (AvgIpc) is 2.65. The van der Waals surface area contributed by atoms with Gasteiger partial charge in [-0.15, -0.1) is 24.8 Å². The number of nitrogens with one attached hydrogen (secondary N) is 1. The van der Waals surface area contributed by atoms with Gasteiger partial charge in [-0.1, -0.05) is 55.0 Å². The lowest BCUT2D eigenvalue weighted by molar-refractivity contribution is 0.0847. The maximum absolute atomic E-state index is 3.52. The van der Waals surface area contributed by atoms with Crippen LogP contribution in [0.2, 0.25) is 0 Å². The van der Waals surface area contributed by atoms with Gasteiger partial charge in [0, 0.05) is 32.2 Å². The lowest BCUT2D eigenvalue weighted by Gasteiger charge is -2.43. The van der Waals surface area contributed by atoms with Crippen molar-refractivity contribution in [3.05, 3.63) is 60.2 Å². The van der Waals surface area contributed by atoms with E-state index in [1.54, 1.807) is 5.56 Å². The fraction of sp³-hybridized carbons (Fsp3) is 0.391. The van der Waals surface area contributed by atoms with Crippen LogP contribution in [0.15, 0.2) is 54.6 Å². The largest absolute Gasteiger partial charge is 0.314 e. The Morgan fingerprint density at radius 2 is 1.44 bits per heavy atom. The van der Waals surface area contributed by atoms with Crippen molar-refractivity contribution in [3.63, 3.8) is 0 Å². The van der Waals surface area contributed by atoms with Crippen LogP contribution in [0.5, 0.6) is 0 Å². The van der Waals surface area contributed by atoms with E-state index in [2.05, 4.69) is 64.8 Å². The Hall–Kier alpha value is -1.32. The number of rotatable bonds is 3. The van der Waals surface area contributed by atoms with Gasteiger partial charge in [0.2, 0.25) is 0 Å². The molecular weight excluding hydrogens is 375 g/mol. The molecule has 1 atom stereocenters. The Kier molecular flexibility index (Phi) is 6.65. The maximum Gasteiger partial charge on any atom is 0.0383 e. The predicted molar refractivity (Wildman–Crippen MR) is 120 cm³/mol. The van der Waals surface area contributed by atoms with Crippen molar-refractivity contribution < 1.29 is 0 Å². The van der Waals surface area contributed by atoms with E-state index < -0.39 is 0 Å². The summed E-state index contributed by atoms with van der Waals surface area (Å²) in [5.41, 5.74) is 1.56. The first-order valence-electron chi connectivity index (χ1n) is 9.77. The van der Waals surface area contributed by atoms with Gasteiger partial charge in [0.15, 0.2) is 0 Å². The molecule has 144 valence electrons. The Balaban J connectivity index is 0.00000105. The van der Waals surface area contributed by atoms with E-state index in [1.165, 1.54) is 53.9 Å². The van der Waals surface area contributed by atoms with Crippen LogP contribution < -0.4 is 5.32 Å². The highest BCUT2D eigenvalue weighted by molar-refractivity contribution is 6.09. The van der Waals surface area contributed by atoms with Crippen LogP contribution in [0.1, 0.15) is 30.9 Å². The second kappa shape index (κ2) is 8.79. The van der Waals surface area contributed by atoms with Crippen molar-refractivity contribution in [2.24, 2.45) is 5.92 Å². The third-order valence-corrected chi connectivity index (χ3v) is 6.26. The minimum atomic E-state index is 0. The fourth-order valence-electron chi connectivity index (χ4n) is 4.79. The van der Waals surface area contributed by atoms with Crippen LogP contribution >= 0.6 is 24.8 Å². The number of nitrogens with zero attached hydrogens (tertiary/aromatic N) is 1. The van der Waals surface area contributed by atoms with E-state index in [-0.39, 0.29) is 24.8 Å². The molecule has 0 unspecified atom stereocenters. The zero-order chi connectivity index (χ0) is 16.6. The third kappa shape index (κ3) is 3.69. The summed E-state index contributed by atoms with van der Waals surface area (Å²) in [5.74, 6) is 0.822. The first kappa shape index (κ1) is 20.4. The molecule has 1 aliphatic carbocycles. The van der Waals surface area contributed by atoms with E-state index >= 15 is 0 Å². The number of benzene rings is 3. The highest BCUT2D eigenvalue weighted by Crippen LogP contribution is 2.44. The van der Waals surface area contributed by atoms with E-state index in [0.29, 0.717) is 6.04 Å². The summed E-state index contributed by atoms with van der Waals surface area (Å²) in [6.07, 6.45) is 4.17. The molecule has 27 heavy (non-hydrogen) atoms. The van der Waals surface area contributed by atoms with Gasteiger partial charge < -0.3 is 5.32 Å². The van der Waals surface area contributed by atoms with E-state index in [0.717, 1.165) is 19.0 Å². The molecule has 0 bridgehead atoms. The molecule has 2 nitrogen and oxygen atoms in total. The van der Waals surface area contributed by atoms with Gasteiger partial charge in [0.05, 0.1) is 0 Å². The lowest BCUT2D eigenvalue weighted by Crippen LogP contribution is -2.47. The van der Waals surface area contributed by atoms with Gasteiger partial charge in [0.25, 0.3) is 0 Å². The zero-order valence-corrected chi connectivity index (χ0v) is 17.2. The molecule has 3 aromatic carbocycles. The second-order valence-corrected chi connectivity index (χ2v) is 7.65. The molecule has 2 aliphatic rings. The number of hydrogen-bond acceptors (Lipinski definition) is 2. The standard InChI is InChI=1S/C23H26N2.2ClH/c1-2-9-19-18(6-1)16-22(21-11-4-3-10-20(19)21)23(17-7-5-8-17)25-14-12-24-13-15-25;;/h1-4,6,9-11,16-17,23-24H,5,7-8,12-15H2;2*1H/t23-;;/m0../s1. The molecular formula is C23H28Cl2N2. The average molecular weight is 403 g/mol. The maximum atomic E-state index is 3.52. The van der Waals surface area contributed by atoms with Gasteiger partial charge >= 0.3 is 0 Å². The SMILES string of the molecule is Cl.Cl.c1ccc2c(c1)cc([C@H](C1CCC1)N1CCNCC1)c1ccccc12. The quantitative estimate of drug-likeness (QED) is 0.574. The van der Waals surface area contributed by atoms with Crippen LogP contribution in [-0.2, 0) is 0 Å². The molecule has 1 N–H and O–H groups in total. The minimum absolute atomic E-state index is 0. The second-order valence-electron chi connectivity index (χ2n) is 7.65. The van der Waals surface area contributed by atoms with Gasteiger partial charge in [-0.25, -0.2) is 0 Å². The number of hydrogen-bond donors (Lipinski definition) is 1. The van der Waals surface area contributed by atoms with Crippen LogP contribution in [0.3, 0.4) is 0 Å². The Morgan fingerprint density at radius 1 is 0.815 bits per heavy atom. The Morgan fingerprint density at radius 3 is 2.11 bits per heavy atom. The van der Waals surface area contributed by atoms with Gasteiger partial charge in [0.1, 0.15) is 0 Å². The molecule has 0 amide bonds. The highest BCUT2D eigenvalue weighted by Gasteiger charge is 2.34. The van der Waals surface area contributed by atoms with Crippen LogP contribution in [0.25, 0.3) is 21.5 Å². The molecule has 1 saturated carbocycles. The number of piperazine rings is 1. The number of fused-ring (bicyclic) bond motifs is 3. The summed E-state index contributed by atoms with van der Waals surface area (Å²) in [6, 6.07) is 21.0. The van der Waals surface area contributed by atoms with Crippen LogP contribution in [-0.4, -0.2) is 31.1 Å². The molecule has 0 aromatic heterocycles. The first-order valence-corrected chi connectivity index (χ1v) is 9.77. The molecule has 4 heteroatoms. The topological polar surface area (TPSA) is 15.3 Å². The molecule has 0 spiro atoms. The monoisotopic (exact) mass is 402 g/mol.